The molecule has 0 spiro atoms. The molecule has 2 aromatic heterocycles. The Labute approximate surface area is 190 Å². The number of rotatable bonds is 9. The molecule has 2 heterocycles. The topological polar surface area (TPSA) is 95.3 Å². The number of anilines is 1. The third-order valence-electron chi connectivity index (χ3n) is 4.50. The highest BCUT2D eigenvalue weighted by Gasteiger charge is 2.23. The van der Waals surface area contributed by atoms with Gasteiger partial charge < -0.3 is 14.4 Å². The van der Waals surface area contributed by atoms with E-state index in [4.69, 9.17) is 32.2 Å². The van der Waals surface area contributed by atoms with Gasteiger partial charge in [0.15, 0.2) is 0 Å². The van der Waals surface area contributed by atoms with Crippen molar-refractivity contribution in [2.24, 2.45) is 7.05 Å². The second kappa shape index (κ2) is 10.1. The van der Waals surface area contributed by atoms with Crippen molar-refractivity contribution in [3.05, 3.63) is 50.9 Å². The predicted molar refractivity (Wildman–Crippen MR) is 124 cm³/mol. The van der Waals surface area contributed by atoms with Crippen LogP contribution in [0.25, 0.3) is 22.2 Å². The zero-order valence-electron chi connectivity index (χ0n) is 17.4. The van der Waals surface area contributed by atoms with E-state index in [1.54, 1.807) is 51.4 Å². The molecule has 0 amide bonds. The summed E-state index contributed by atoms with van der Waals surface area (Å²) in [6.45, 7) is 4.39. The van der Waals surface area contributed by atoms with Gasteiger partial charge in [-0.25, -0.2) is 4.98 Å². The largest absolute Gasteiger partial charge is 0.354 e. The van der Waals surface area contributed by atoms with E-state index in [0.29, 0.717) is 51.4 Å². The normalized spacial score (nSPS) is 11.8. The van der Waals surface area contributed by atoms with E-state index < -0.39 is 7.60 Å². The molecule has 0 saturated carbocycles. The van der Waals surface area contributed by atoms with E-state index in [-0.39, 0.29) is 18.3 Å². The lowest BCUT2D eigenvalue weighted by Crippen LogP contribution is -2.21. The van der Waals surface area contributed by atoms with E-state index in [1.165, 1.54) is 4.57 Å². The maximum Gasteiger partial charge on any atom is 0.332 e. The number of nitrogens with zero attached hydrogens (tertiary/aromatic N) is 3. The molecule has 1 aromatic carbocycles. The third kappa shape index (κ3) is 5.27. The Kier molecular flexibility index (Phi) is 7.73. The van der Waals surface area contributed by atoms with Gasteiger partial charge in [0.1, 0.15) is 5.65 Å². The van der Waals surface area contributed by atoms with Crippen LogP contribution >= 0.6 is 30.8 Å². The van der Waals surface area contributed by atoms with Crippen molar-refractivity contribution >= 4 is 47.8 Å². The van der Waals surface area contributed by atoms with Crippen molar-refractivity contribution in [3.63, 3.8) is 0 Å². The van der Waals surface area contributed by atoms with E-state index in [0.717, 1.165) is 0 Å². The first-order chi connectivity index (χ1) is 14.8. The number of hydrogen-bond donors (Lipinski definition) is 1. The van der Waals surface area contributed by atoms with Crippen molar-refractivity contribution in [2.75, 3.05) is 31.2 Å². The Balaban J connectivity index is 1.89. The number of hydrogen-bond acceptors (Lipinski definition) is 7. The first-order valence-corrected chi connectivity index (χ1v) is 12.2. The molecule has 1 N–H and O–H groups in total. The molecule has 0 aliphatic rings. The van der Waals surface area contributed by atoms with Crippen molar-refractivity contribution in [3.8, 4) is 11.1 Å². The summed E-state index contributed by atoms with van der Waals surface area (Å²) >= 11 is 12.6. The second-order valence-electron chi connectivity index (χ2n) is 6.59. The van der Waals surface area contributed by atoms with Crippen LogP contribution in [0.4, 0.5) is 5.95 Å². The van der Waals surface area contributed by atoms with Gasteiger partial charge in [-0.05, 0) is 32.0 Å². The van der Waals surface area contributed by atoms with Gasteiger partial charge in [-0.2, -0.15) is 4.98 Å². The number of aryl methyl sites for hydroxylation is 1. The monoisotopic (exact) mass is 484 g/mol. The summed E-state index contributed by atoms with van der Waals surface area (Å²) < 4.78 is 24.5. The van der Waals surface area contributed by atoms with Gasteiger partial charge >= 0.3 is 7.60 Å². The van der Waals surface area contributed by atoms with E-state index in [1.807, 2.05) is 0 Å². The van der Waals surface area contributed by atoms with Gasteiger partial charge in [-0.3, -0.25) is 13.9 Å². The van der Waals surface area contributed by atoms with Crippen LogP contribution in [-0.4, -0.2) is 40.5 Å². The number of aromatic nitrogens is 3. The van der Waals surface area contributed by atoms with Crippen molar-refractivity contribution in [1.29, 1.82) is 0 Å². The standard InChI is InChI=1S/C20H23Cl2N4O4P/c1-4-29-31(28,30-5-2)10-9-23-20-24-12-13-11-14(19(27)26(3)18(13)25-20)17-15(21)7-6-8-16(17)22/h6-8,11-12H,4-5,9-10H2,1-3H3,(H,23,24,25). The molecule has 0 bridgehead atoms. The summed E-state index contributed by atoms with van der Waals surface area (Å²) in [6, 6.07) is 6.75. The maximum absolute atomic E-state index is 13.0. The Morgan fingerprint density at radius 3 is 2.42 bits per heavy atom. The Morgan fingerprint density at radius 2 is 1.81 bits per heavy atom. The smallest absolute Gasteiger partial charge is 0.332 e. The Morgan fingerprint density at radius 1 is 1.16 bits per heavy atom. The molecule has 0 atom stereocenters. The number of nitrogens with one attached hydrogen (secondary N) is 1. The average Bonchev–Trinajstić information content (AvgIpc) is 2.72. The van der Waals surface area contributed by atoms with Gasteiger partial charge in [0.25, 0.3) is 5.56 Å². The molecule has 0 aliphatic carbocycles. The van der Waals surface area contributed by atoms with Gasteiger partial charge in [0.2, 0.25) is 5.95 Å². The fourth-order valence-electron chi connectivity index (χ4n) is 3.13. The first-order valence-electron chi connectivity index (χ1n) is 9.72. The molecular formula is C20H23Cl2N4O4P. The molecule has 3 rings (SSSR count). The highest BCUT2D eigenvalue weighted by molar-refractivity contribution is 7.53. The summed E-state index contributed by atoms with van der Waals surface area (Å²) in [5, 5.41) is 4.43. The number of pyridine rings is 1. The highest BCUT2D eigenvalue weighted by Crippen LogP contribution is 2.47. The zero-order valence-corrected chi connectivity index (χ0v) is 19.8. The van der Waals surface area contributed by atoms with Crippen molar-refractivity contribution < 1.29 is 13.6 Å². The lowest BCUT2D eigenvalue weighted by molar-refractivity contribution is 0.221. The summed E-state index contributed by atoms with van der Waals surface area (Å²) in [4.78, 5) is 21.7. The Hall–Kier alpha value is -1.96. The first kappa shape index (κ1) is 23.7. The predicted octanol–water partition coefficient (Wildman–Crippen LogP) is 4.98. The third-order valence-corrected chi connectivity index (χ3v) is 7.21. The van der Waals surface area contributed by atoms with Crippen LogP contribution in [0.5, 0.6) is 0 Å². The van der Waals surface area contributed by atoms with Crippen LogP contribution in [0.15, 0.2) is 35.3 Å². The van der Waals surface area contributed by atoms with E-state index in [9.17, 15) is 9.36 Å². The summed E-state index contributed by atoms with van der Waals surface area (Å²) in [5.74, 6) is 0.297. The van der Waals surface area contributed by atoms with Crippen molar-refractivity contribution in [1.82, 2.24) is 14.5 Å². The molecule has 0 radical (unpaired) electrons. The molecule has 0 saturated heterocycles. The summed E-state index contributed by atoms with van der Waals surface area (Å²) in [6.07, 6.45) is 1.77. The van der Waals surface area contributed by atoms with Crippen molar-refractivity contribution in [2.45, 2.75) is 13.8 Å². The van der Waals surface area contributed by atoms with Crippen LogP contribution in [0, 0.1) is 0 Å². The number of benzene rings is 1. The van der Waals surface area contributed by atoms with Crippen LogP contribution in [0.2, 0.25) is 10.0 Å². The number of fused-ring (bicyclic) bond motifs is 1. The van der Waals surface area contributed by atoms with Gasteiger partial charge in [0.05, 0.1) is 35.0 Å². The Bertz CT molecular complexity index is 1170. The lowest BCUT2D eigenvalue weighted by Gasteiger charge is -2.17. The molecule has 0 fully saturated rings. The molecule has 31 heavy (non-hydrogen) atoms. The molecular weight excluding hydrogens is 462 g/mol. The fourth-order valence-corrected chi connectivity index (χ4v) is 5.24. The quantitative estimate of drug-likeness (QED) is 0.427. The van der Waals surface area contributed by atoms with Crippen LogP contribution in [0.3, 0.4) is 0 Å². The summed E-state index contributed by atoms with van der Waals surface area (Å²) in [5.41, 5.74) is 0.985. The maximum atomic E-state index is 13.0. The highest BCUT2D eigenvalue weighted by atomic mass is 35.5. The molecule has 0 unspecified atom stereocenters. The van der Waals surface area contributed by atoms with Gasteiger partial charge in [0, 0.05) is 30.7 Å². The van der Waals surface area contributed by atoms with Gasteiger partial charge in [-0.15, -0.1) is 0 Å². The molecule has 11 heteroatoms. The van der Waals surface area contributed by atoms with E-state index in [2.05, 4.69) is 15.3 Å². The lowest BCUT2D eigenvalue weighted by atomic mass is 10.1. The van der Waals surface area contributed by atoms with Crippen LogP contribution < -0.4 is 10.9 Å². The minimum Gasteiger partial charge on any atom is -0.354 e. The fraction of sp³-hybridized carbons (Fsp3) is 0.350. The minimum atomic E-state index is -3.17. The minimum absolute atomic E-state index is 0.166. The molecule has 8 nitrogen and oxygen atoms in total. The average molecular weight is 485 g/mol. The second-order valence-corrected chi connectivity index (χ2v) is 9.59. The van der Waals surface area contributed by atoms with Crippen LogP contribution in [0.1, 0.15) is 13.8 Å². The zero-order chi connectivity index (χ0) is 22.6. The molecule has 3 aromatic rings. The SMILES string of the molecule is CCOP(=O)(CCNc1ncc2cc(-c3c(Cl)cccc3Cl)c(=O)n(C)c2n1)OCC. The van der Waals surface area contributed by atoms with Crippen LogP contribution in [-0.2, 0) is 20.7 Å². The molecule has 0 aliphatic heterocycles. The molecule has 166 valence electrons. The van der Waals surface area contributed by atoms with E-state index >= 15 is 0 Å². The van der Waals surface area contributed by atoms with Gasteiger partial charge in [-0.1, -0.05) is 29.3 Å². The summed E-state index contributed by atoms with van der Waals surface area (Å²) in [7, 11) is -1.55. The number of halogens is 2.